The second-order valence-corrected chi connectivity index (χ2v) is 5.37. The van der Waals surface area contributed by atoms with Gasteiger partial charge < -0.3 is 5.11 Å². The molecule has 1 aliphatic rings. The molecule has 0 aliphatic carbocycles. The number of hydrogen-bond donors (Lipinski definition) is 1. The van der Waals surface area contributed by atoms with Crippen molar-refractivity contribution >= 4 is 0 Å². The van der Waals surface area contributed by atoms with Gasteiger partial charge in [0.2, 0.25) is 0 Å². The van der Waals surface area contributed by atoms with E-state index in [4.69, 9.17) is 0 Å². The third kappa shape index (κ3) is 2.71. The van der Waals surface area contributed by atoms with E-state index in [0.29, 0.717) is 12.5 Å². The molecule has 1 aliphatic heterocycles. The van der Waals surface area contributed by atoms with E-state index in [1.807, 2.05) is 37.3 Å². The average molecular weight is 273 g/mol. The lowest BCUT2D eigenvalue weighted by Gasteiger charge is -2.16. The first-order valence-corrected chi connectivity index (χ1v) is 6.97. The van der Waals surface area contributed by atoms with Gasteiger partial charge in [-0.05, 0) is 48.4 Å². The first-order valence-electron chi connectivity index (χ1n) is 6.97. The van der Waals surface area contributed by atoms with Gasteiger partial charge in [-0.3, -0.25) is 4.90 Å². The van der Waals surface area contributed by atoms with Crippen molar-refractivity contribution in [3.8, 4) is 5.69 Å². The maximum absolute atomic E-state index is 9.66. The predicted octanol–water partition coefficient (Wildman–Crippen LogP) is 0.865. The number of likely N-dealkylation sites (tertiary alicyclic amines) is 1. The van der Waals surface area contributed by atoms with Gasteiger partial charge in [-0.1, -0.05) is 18.2 Å². The van der Waals surface area contributed by atoms with Gasteiger partial charge in [-0.2, -0.15) is 4.68 Å². The summed E-state index contributed by atoms with van der Waals surface area (Å²) >= 11 is 0. The van der Waals surface area contributed by atoms with Crippen LogP contribution in [0.1, 0.15) is 19.2 Å². The summed E-state index contributed by atoms with van der Waals surface area (Å²) < 4.78 is 1.77. The lowest BCUT2D eigenvalue weighted by atomic mass is 10.0. The average Bonchev–Trinajstić information content (AvgIpc) is 3.09. The SMILES string of the molecule is CC(O)C1CCN(Cc2nnnn2-c2ccccc2)C1. The highest BCUT2D eigenvalue weighted by Gasteiger charge is 2.27. The molecule has 2 aromatic rings. The van der Waals surface area contributed by atoms with Gasteiger partial charge in [-0.15, -0.1) is 5.10 Å². The number of aromatic nitrogens is 4. The zero-order chi connectivity index (χ0) is 13.9. The highest BCUT2D eigenvalue weighted by Crippen LogP contribution is 2.21. The molecule has 106 valence electrons. The second kappa shape index (κ2) is 5.68. The highest BCUT2D eigenvalue weighted by atomic mass is 16.3. The molecule has 1 fully saturated rings. The summed E-state index contributed by atoms with van der Waals surface area (Å²) in [6.45, 7) is 4.46. The van der Waals surface area contributed by atoms with E-state index in [1.54, 1.807) is 4.68 Å². The molecule has 0 radical (unpaired) electrons. The fourth-order valence-electron chi connectivity index (χ4n) is 2.67. The van der Waals surface area contributed by atoms with Gasteiger partial charge in [-0.25, -0.2) is 0 Å². The zero-order valence-electron chi connectivity index (χ0n) is 11.6. The summed E-state index contributed by atoms with van der Waals surface area (Å²) in [5.74, 6) is 1.19. The molecule has 1 N–H and O–H groups in total. The van der Waals surface area contributed by atoms with Gasteiger partial charge in [0.25, 0.3) is 0 Å². The third-order valence-corrected chi connectivity index (χ3v) is 3.89. The number of tetrazole rings is 1. The van der Waals surface area contributed by atoms with Crippen molar-refractivity contribution in [1.82, 2.24) is 25.1 Å². The minimum absolute atomic E-state index is 0.245. The Morgan fingerprint density at radius 1 is 1.35 bits per heavy atom. The molecule has 0 amide bonds. The molecule has 20 heavy (non-hydrogen) atoms. The molecule has 2 unspecified atom stereocenters. The maximum Gasteiger partial charge on any atom is 0.170 e. The van der Waals surface area contributed by atoms with Crippen LogP contribution in [0.15, 0.2) is 30.3 Å². The molecule has 0 spiro atoms. The van der Waals surface area contributed by atoms with E-state index in [2.05, 4.69) is 20.4 Å². The van der Waals surface area contributed by atoms with Crippen LogP contribution in [-0.2, 0) is 6.54 Å². The Bertz CT molecular complexity index is 554. The van der Waals surface area contributed by atoms with Gasteiger partial charge >= 0.3 is 0 Å². The van der Waals surface area contributed by atoms with Crippen molar-refractivity contribution in [3.63, 3.8) is 0 Å². The molecule has 6 nitrogen and oxygen atoms in total. The van der Waals surface area contributed by atoms with E-state index in [1.165, 1.54) is 0 Å². The van der Waals surface area contributed by atoms with Crippen molar-refractivity contribution in [2.24, 2.45) is 5.92 Å². The molecule has 3 rings (SSSR count). The topological polar surface area (TPSA) is 67.1 Å². The van der Waals surface area contributed by atoms with Crippen molar-refractivity contribution in [1.29, 1.82) is 0 Å². The summed E-state index contributed by atoms with van der Waals surface area (Å²) in [6.07, 6.45) is 0.787. The lowest BCUT2D eigenvalue weighted by Crippen LogP contribution is -2.25. The number of benzene rings is 1. The number of hydrogen-bond acceptors (Lipinski definition) is 5. The molecule has 6 heteroatoms. The first-order chi connectivity index (χ1) is 9.74. The number of rotatable bonds is 4. The van der Waals surface area contributed by atoms with E-state index in [-0.39, 0.29) is 6.10 Å². The van der Waals surface area contributed by atoms with Crippen LogP contribution in [-0.4, -0.2) is 49.4 Å². The van der Waals surface area contributed by atoms with Crippen molar-refractivity contribution in [2.75, 3.05) is 13.1 Å². The Morgan fingerprint density at radius 3 is 2.85 bits per heavy atom. The van der Waals surface area contributed by atoms with Gasteiger partial charge in [0.05, 0.1) is 18.3 Å². The van der Waals surface area contributed by atoms with Crippen LogP contribution in [0.5, 0.6) is 0 Å². The minimum Gasteiger partial charge on any atom is -0.393 e. The zero-order valence-corrected chi connectivity index (χ0v) is 11.6. The van der Waals surface area contributed by atoms with Crippen LogP contribution < -0.4 is 0 Å². The predicted molar refractivity (Wildman–Crippen MR) is 74.2 cm³/mol. The van der Waals surface area contributed by atoms with Gasteiger partial charge in [0.15, 0.2) is 5.82 Å². The Hall–Kier alpha value is -1.79. The molecule has 0 bridgehead atoms. The van der Waals surface area contributed by atoms with Gasteiger partial charge in [0, 0.05) is 6.54 Å². The Kier molecular flexibility index (Phi) is 3.75. The molecule has 1 aromatic carbocycles. The molecule has 1 aromatic heterocycles. The Balaban J connectivity index is 1.72. The summed E-state index contributed by atoms with van der Waals surface area (Å²) in [6, 6.07) is 9.90. The Morgan fingerprint density at radius 2 is 2.15 bits per heavy atom. The van der Waals surface area contributed by atoms with Crippen LogP contribution in [0, 0.1) is 5.92 Å². The molecule has 2 atom stereocenters. The summed E-state index contributed by atoms with van der Waals surface area (Å²) in [5.41, 5.74) is 0.971. The van der Waals surface area contributed by atoms with E-state index >= 15 is 0 Å². The smallest absolute Gasteiger partial charge is 0.170 e. The van der Waals surface area contributed by atoms with Gasteiger partial charge in [0.1, 0.15) is 0 Å². The quantitative estimate of drug-likeness (QED) is 0.895. The third-order valence-electron chi connectivity index (χ3n) is 3.89. The summed E-state index contributed by atoms with van der Waals surface area (Å²) in [7, 11) is 0. The molecule has 0 saturated carbocycles. The van der Waals surface area contributed by atoms with Crippen molar-refractivity contribution < 1.29 is 5.11 Å². The van der Waals surface area contributed by atoms with Crippen LogP contribution in [0.2, 0.25) is 0 Å². The highest BCUT2D eigenvalue weighted by molar-refractivity contribution is 5.30. The summed E-state index contributed by atoms with van der Waals surface area (Å²) in [4.78, 5) is 2.29. The second-order valence-electron chi connectivity index (χ2n) is 5.37. The van der Waals surface area contributed by atoms with E-state index in [0.717, 1.165) is 31.0 Å². The van der Waals surface area contributed by atoms with Crippen molar-refractivity contribution in [2.45, 2.75) is 26.0 Å². The molecule has 2 heterocycles. The van der Waals surface area contributed by atoms with E-state index < -0.39 is 0 Å². The fourth-order valence-corrected chi connectivity index (χ4v) is 2.67. The van der Waals surface area contributed by atoms with Crippen LogP contribution in [0.25, 0.3) is 5.69 Å². The first kappa shape index (κ1) is 13.2. The largest absolute Gasteiger partial charge is 0.393 e. The number of aliphatic hydroxyl groups is 1. The lowest BCUT2D eigenvalue weighted by molar-refractivity contribution is 0.127. The number of para-hydroxylation sites is 1. The molecular weight excluding hydrogens is 254 g/mol. The van der Waals surface area contributed by atoms with Crippen molar-refractivity contribution in [3.05, 3.63) is 36.2 Å². The monoisotopic (exact) mass is 273 g/mol. The number of nitrogens with zero attached hydrogens (tertiary/aromatic N) is 5. The summed E-state index contributed by atoms with van der Waals surface area (Å²) in [5, 5.41) is 21.6. The van der Waals surface area contributed by atoms with Crippen LogP contribution in [0.3, 0.4) is 0 Å². The van der Waals surface area contributed by atoms with E-state index in [9.17, 15) is 5.11 Å². The fraction of sp³-hybridized carbons (Fsp3) is 0.500. The maximum atomic E-state index is 9.66. The van der Waals surface area contributed by atoms with Crippen LogP contribution >= 0.6 is 0 Å². The number of aliphatic hydroxyl groups excluding tert-OH is 1. The minimum atomic E-state index is -0.245. The van der Waals surface area contributed by atoms with Crippen LogP contribution in [0.4, 0.5) is 0 Å². The normalized spacial score (nSPS) is 21.2. The standard InChI is InChI=1S/C14H19N5O/c1-11(20)12-7-8-18(9-12)10-14-15-16-17-19(14)13-5-3-2-4-6-13/h2-6,11-12,20H,7-10H2,1H3. The molecule has 1 saturated heterocycles. The molecular formula is C14H19N5O. The Labute approximate surface area is 118 Å².